The summed E-state index contributed by atoms with van der Waals surface area (Å²) in [6, 6.07) is 8.64. The Hall–Kier alpha value is -3.95. The molecule has 2 aromatic carbocycles. The van der Waals surface area contributed by atoms with E-state index in [1.165, 1.54) is 12.1 Å². The molecule has 3 amide bonds. The predicted molar refractivity (Wildman–Crippen MR) is 114 cm³/mol. The summed E-state index contributed by atoms with van der Waals surface area (Å²) in [6.07, 6.45) is 0. The molecule has 0 fully saturated rings. The van der Waals surface area contributed by atoms with Crippen molar-refractivity contribution in [3.05, 3.63) is 42.0 Å². The predicted octanol–water partition coefficient (Wildman–Crippen LogP) is 2.76. The fraction of sp³-hybridized carbons (Fsp3) is 0.318. The van der Waals surface area contributed by atoms with Crippen molar-refractivity contribution >= 4 is 23.6 Å². The van der Waals surface area contributed by atoms with Crippen molar-refractivity contribution < 1.29 is 38.1 Å². The van der Waals surface area contributed by atoms with Gasteiger partial charge in [-0.15, -0.1) is 0 Å². The number of fused-ring (bicyclic) bond motifs is 1. The summed E-state index contributed by atoms with van der Waals surface area (Å²) >= 11 is 0. The number of urea groups is 1. The van der Waals surface area contributed by atoms with Crippen LogP contribution < -0.4 is 29.6 Å². The van der Waals surface area contributed by atoms with Gasteiger partial charge in [0.15, 0.2) is 29.6 Å². The summed E-state index contributed by atoms with van der Waals surface area (Å²) in [4.78, 5) is 36.3. The van der Waals surface area contributed by atoms with Gasteiger partial charge in [0.2, 0.25) is 0 Å². The standard InChI is InChI=1S/C22H24N2O8/c1-3-28-16-7-5-14(11-18(16)29-4-2)21(26)32-13-20(25)24-22(27)23-15-6-8-17-19(12-15)31-10-9-30-17/h5-8,11-12H,3-4,9-10,13H2,1-2H3,(H2,23,24,25,27). The monoisotopic (exact) mass is 444 g/mol. The van der Waals surface area contributed by atoms with E-state index < -0.39 is 24.5 Å². The van der Waals surface area contributed by atoms with Gasteiger partial charge in [0.1, 0.15) is 13.2 Å². The molecule has 0 saturated heterocycles. The Kier molecular flexibility index (Phi) is 7.74. The first-order valence-electron chi connectivity index (χ1n) is 10.1. The highest BCUT2D eigenvalue weighted by molar-refractivity contribution is 6.02. The number of ether oxygens (including phenoxy) is 5. The van der Waals surface area contributed by atoms with Gasteiger partial charge in [0, 0.05) is 11.8 Å². The zero-order valence-corrected chi connectivity index (χ0v) is 17.8. The van der Waals surface area contributed by atoms with Crippen LogP contribution in [0.4, 0.5) is 10.5 Å². The van der Waals surface area contributed by atoms with Crippen LogP contribution in [0.25, 0.3) is 0 Å². The lowest BCUT2D eigenvalue weighted by Crippen LogP contribution is -2.37. The molecule has 0 spiro atoms. The molecule has 1 aliphatic rings. The Morgan fingerprint density at radius 1 is 0.906 bits per heavy atom. The van der Waals surface area contributed by atoms with Gasteiger partial charge >= 0.3 is 12.0 Å². The number of anilines is 1. The molecule has 0 atom stereocenters. The van der Waals surface area contributed by atoms with Crippen LogP contribution in [-0.4, -0.2) is 50.9 Å². The van der Waals surface area contributed by atoms with E-state index in [-0.39, 0.29) is 5.56 Å². The summed E-state index contributed by atoms with van der Waals surface area (Å²) in [5.41, 5.74) is 0.597. The van der Waals surface area contributed by atoms with E-state index in [4.69, 9.17) is 23.7 Å². The van der Waals surface area contributed by atoms with Crippen molar-refractivity contribution in [2.75, 3.05) is 38.4 Å². The molecule has 0 aliphatic carbocycles. The van der Waals surface area contributed by atoms with Crippen LogP contribution in [-0.2, 0) is 9.53 Å². The smallest absolute Gasteiger partial charge is 0.338 e. The Morgan fingerprint density at radius 2 is 1.62 bits per heavy atom. The SMILES string of the molecule is CCOc1ccc(C(=O)OCC(=O)NC(=O)Nc2ccc3c(c2)OCCO3)cc1OCC. The normalized spacial score (nSPS) is 11.8. The van der Waals surface area contributed by atoms with Gasteiger partial charge in [-0.3, -0.25) is 10.1 Å². The lowest BCUT2D eigenvalue weighted by atomic mass is 10.2. The Balaban J connectivity index is 1.50. The zero-order valence-electron chi connectivity index (χ0n) is 17.8. The minimum atomic E-state index is -0.788. The molecule has 10 nitrogen and oxygen atoms in total. The number of carbonyl (C=O) groups is 3. The number of nitrogens with one attached hydrogen (secondary N) is 2. The second kappa shape index (κ2) is 10.9. The molecule has 3 rings (SSSR count). The molecule has 1 heterocycles. The van der Waals surface area contributed by atoms with Crippen molar-refractivity contribution in [1.82, 2.24) is 5.32 Å². The first-order valence-corrected chi connectivity index (χ1v) is 10.1. The van der Waals surface area contributed by atoms with Crippen molar-refractivity contribution in [1.29, 1.82) is 0 Å². The number of rotatable bonds is 8. The maximum Gasteiger partial charge on any atom is 0.338 e. The summed E-state index contributed by atoms with van der Waals surface area (Å²) in [7, 11) is 0. The minimum Gasteiger partial charge on any atom is -0.490 e. The first-order chi connectivity index (χ1) is 15.5. The van der Waals surface area contributed by atoms with Crippen LogP contribution >= 0.6 is 0 Å². The molecular weight excluding hydrogens is 420 g/mol. The highest BCUT2D eigenvalue weighted by Crippen LogP contribution is 2.32. The summed E-state index contributed by atoms with van der Waals surface area (Å²) in [5.74, 6) is 0.440. The zero-order chi connectivity index (χ0) is 22.9. The number of benzene rings is 2. The van der Waals surface area contributed by atoms with Crippen molar-refractivity contribution in [2.24, 2.45) is 0 Å². The fourth-order valence-corrected chi connectivity index (χ4v) is 2.84. The van der Waals surface area contributed by atoms with Crippen molar-refractivity contribution in [3.8, 4) is 23.0 Å². The maximum atomic E-state index is 12.3. The molecule has 10 heteroatoms. The molecule has 2 N–H and O–H groups in total. The third kappa shape index (κ3) is 6.03. The molecule has 0 aromatic heterocycles. The summed E-state index contributed by atoms with van der Waals surface area (Å²) < 4.78 is 26.7. The first kappa shape index (κ1) is 22.7. The van der Waals surface area contributed by atoms with Gasteiger partial charge in [-0.2, -0.15) is 0 Å². The van der Waals surface area contributed by atoms with E-state index in [2.05, 4.69) is 10.6 Å². The number of esters is 1. The van der Waals surface area contributed by atoms with Crippen LogP contribution in [0.5, 0.6) is 23.0 Å². The molecule has 170 valence electrons. The molecule has 32 heavy (non-hydrogen) atoms. The Labute approximate surface area is 184 Å². The van der Waals surface area contributed by atoms with E-state index in [1.54, 1.807) is 31.2 Å². The number of amides is 3. The second-order valence-corrected chi connectivity index (χ2v) is 6.46. The Morgan fingerprint density at radius 3 is 2.38 bits per heavy atom. The molecule has 1 aliphatic heterocycles. The van der Waals surface area contributed by atoms with Gasteiger partial charge in [-0.1, -0.05) is 0 Å². The highest BCUT2D eigenvalue weighted by Gasteiger charge is 2.17. The van der Waals surface area contributed by atoms with Crippen LogP contribution in [0, 0.1) is 0 Å². The maximum absolute atomic E-state index is 12.3. The van der Waals surface area contributed by atoms with Crippen molar-refractivity contribution in [2.45, 2.75) is 13.8 Å². The van der Waals surface area contributed by atoms with Gasteiger partial charge in [-0.25, -0.2) is 9.59 Å². The molecule has 2 aromatic rings. The van der Waals surface area contributed by atoms with Crippen molar-refractivity contribution in [3.63, 3.8) is 0 Å². The second-order valence-electron chi connectivity index (χ2n) is 6.46. The van der Waals surface area contributed by atoms with Crippen LogP contribution in [0.15, 0.2) is 36.4 Å². The lowest BCUT2D eigenvalue weighted by Gasteiger charge is -2.19. The van der Waals surface area contributed by atoms with Gasteiger partial charge < -0.3 is 29.0 Å². The van der Waals surface area contributed by atoms with E-state index in [0.29, 0.717) is 55.1 Å². The van der Waals surface area contributed by atoms with E-state index in [9.17, 15) is 14.4 Å². The average Bonchev–Trinajstić information content (AvgIpc) is 2.78. The molecule has 0 saturated carbocycles. The van der Waals surface area contributed by atoms with E-state index in [1.807, 2.05) is 6.92 Å². The van der Waals surface area contributed by atoms with Gasteiger partial charge in [0.25, 0.3) is 5.91 Å². The van der Waals surface area contributed by atoms with E-state index >= 15 is 0 Å². The summed E-state index contributed by atoms with van der Waals surface area (Å²) in [6.45, 7) is 4.70. The molecule has 0 bridgehead atoms. The fourth-order valence-electron chi connectivity index (χ4n) is 2.84. The highest BCUT2D eigenvalue weighted by atomic mass is 16.6. The molecule has 0 unspecified atom stereocenters. The topological polar surface area (TPSA) is 121 Å². The third-order valence-corrected chi connectivity index (χ3v) is 4.17. The number of hydrogen-bond acceptors (Lipinski definition) is 8. The van der Waals surface area contributed by atoms with Crippen LogP contribution in [0.3, 0.4) is 0 Å². The average molecular weight is 444 g/mol. The quantitative estimate of drug-likeness (QED) is 0.596. The van der Waals surface area contributed by atoms with Crippen LogP contribution in [0.2, 0.25) is 0 Å². The summed E-state index contributed by atoms with van der Waals surface area (Å²) in [5, 5.41) is 4.59. The van der Waals surface area contributed by atoms with Gasteiger partial charge in [-0.05, 0) is 44.2 Å². The number of imide groups is 1. The number of carbonyl (C=O) groups excluding carboxylic acids is 3. The Bertz CT molecular complexity index is 992. The minimum absolute atomic E-state index is 0.186. The number of hydrogen-bond donors (Lipinski definition) is 2. The van der Waals surface area contributed by atoms with Crippen LogP contribution in [0.1, 0.15) is 24.2 Å². The molecule has 0 radical (unpaired) electrons. The lowest BCUT2D eigenvalue weighted by molar-refractivity contribution is -0.123. The van der Waals surface area contributed by atoms with E-state index in [0.717, 1.165) is 0 Å². The largest absolute Gasteiger partial charge is 0.490 e. The van der Waals surface area contributed by atoms with Gasteiger partial charge in [0.05, 0.1) is 18.8 Å². The molecular formula is C22H24N2O8. The third-order valence-electron chi connectivity index (χ3n) is 4.17.